The number of Topliss-reactive ketones (excluding diaryl/α,β-unsaturated/α-hetero) is 2. The SMILES string of the molecule is CC(=O)OCc1ccc(O[C@@H]2O[C@H](C(=O)O)[C@@H](O)[C@H](O)[C@H]2O)c(C(=O)CCCOCCOCCNC(=O)CC(CC(=O)CCCOCCOCCNC(=O)c2cc(COC(C)=O)ccc2O[C@@H]2O[C@H](C(=O)O)[C@@H](O)[C@H](O)[C@H]2O)NC(=O)COCCOCCONC(=O)OC(C)(C)C)c1. The van der Waals surface area contributed by atoms with E-state index in [0.717, 1.165) is 0 Å². The molecule has 0 aromatic heterocycles. The first-order valence-electron chi connectivity index (χ1n) is 31.2. The molecule has 0 spiro atoms. The molecule has 1 unspecified atom stereocenters. The Balaban J connectivity index is 1.18. The van der Waals surface area contributed by atoms with E-state index >= 15 is 0 Å². The summed E-state index contributed by atoms with van der Waals surface area (Å²) in [5, 5.41) is 88.4. The Morgan fingerprint density at radius 2 is 0.980 bits per heavy atom. The summed E-state index contributed by atoms with van der Waals surface area (Å²) in [6.45, 7) is 7.27. The summed E-state index contributed by atoms with van der Waals surface area (Å²) in [5.74, 6) is -7.49. The molecule has 36 heteroatoms. The lowest BCUT2D eigenvalue weighted by Crippen LogP contribution is -2.61. The molecule has 2 saturated heterocycles. The van der Waals surface area contributed by atoms with E-state index in [1.54, 1.807) is 20.8 Å². The van der Waals surface area contributed by atoms with Gasteiger partial charge in [0.05, 0.1) is 77.2 Å². The van der Waals surface area contributed by atoms with Crippen LogP contribution in [0.15, 0.2) is 36.4 Å². The van der Waals surface area contributed by atoms with Crippen molar-refractivity contribution in [3.05, 3.63) is 58.7 Å². The van der Waals surface area contributed by atoms with Crippen LogP contribution < -0.4 is 30.9 Å². The van der Waals surface area contributed by atoms with Crippen LogP contribution in [0.5, 0.6) is 11.5 Å². The number of hydrogen-bond donors (Lipinski definition) is 12. The van der Waals surface area contributed by atoms with Gasteiger partial charge in [-0.25, -0.2) is 14.4 Å². The third kappa shape index (κ3) is 31.0. The Morgan fingerprint density at radius 1 is 0.520 bits per heavy atom. The van der Waals surface area contributed by atoms with E-state index in [4.69, 9.17) is 66.4 Å². The lowest BCUT2D eigenvalue weighted by molar-refractivity contribution is -0.271. The van der Waals surface area contributed by atoms with Gasteiger partial charge in [-0.2, -0.15) is 5.48 Å². The highest BCUT2D eigenvalue weighted by Gasteiger charge is 2.50. The van der Waals surface area contributed by atoms with Gasteiger partial charge in [0.2, 0.25) is 24.4 Å². The third-order valence-electron chi connectivity index (χ3n) is 13.7. The highest BCUT2D eigenvalue weighted by molar-refractivity contribution is 5.99. The van der Waals surface area contributed by atoms with Crippen molar-refractivity contribution >= 4 is 59.3 Å². The Hall–Kier alpha value is -7.66. The van der Waals surface area contributed by atoms with Crippen molar-refractivity contribution in [2.24, 2.45) is 0 Å². The van der Waals surface area contributed by atoms with Crippen LogP contribution >= 0.6 is 0 Å². The number of ketones is 2. The number of hydroxylamine groups is 1. The Labute approximate surface area is 562 Å². The lowest BCUT2D eigenvalue weighted by atomic mass is 9.98. The first-order chi connectivity index (χ1) is 46.5. The average Bonchev–Trinajstić information content (AvgIpc) is 0.803. The maximum atomic E-state index is 13.5. The zero-order valence-corrected chi connectivity index (χ0v) is 55.0. The molecule has 98 heavy (non-hydrogen) atoms. The van der Waals surface area contributed by atoms with Crippen LogP contribution in [0, 0.1) is 0 Å². The summed E-state index contributed by atoms with van der Waals surface area (Å²) in [5.41, 5.74) is 1.95. The van der Waals surface area contributed by atoms with Crippen molar-refractivity contribution in [3.8, 4) is 11.5 Å². The fourth-order valence-electron chi connectivity index (χ4n) is 8.94. The molecule has 0 saturated carbocycles. The number of benzene rings is 2. The van der Waals surface area contributed by atoms with Gasteiger partial charge in [-0.15, -0.1) is 0 Å². The molecule has 0 radical (unpaired) electrons. The number of carbonyl (C=O) groups is 10. The van der Waals surface area contributed by atoms with E-state index in [0.29, 0.717) is 11.1 Å². The fraction of sp³-hybridized carbons (Fsp3) is 0.645. The molecule has 0 aliphatic carbocycles. The molecule has 11 atom stereocenters. The van der Waals surface area contributed by atoms with Gasteiger partial charge in [0.1, 0.15) is 79.3 Å². The number of aliphatic hydroxyl groups excluding tert-OH is 6. The third-order valence-corrected chi connectivity index (χ3v) is 13.7. The molecule has 2 fully saturated rings. The highest BCUT2D eigenvalue weighted by Crippen LogP contribution is 2.31. The van der Waals surface area contributed by atoms with E-state index < -0.39 is 133 Å². The highest BCUT2D eigenvalue weighted by atomic mass is 16.7. The number of nitrogens with one attached hydrogen (secondary N) is 4. The number of carboxylic acids is 2. The maximum Gasteiger partial charge on any atom is 0.431 e. The van der Waals surface area contributed by atoms with Gasteiger partial charge in [0, 0.05) is 71.9 Å². The Bertz CT molecular complexity index is 2730. The molecular weight excluding hydrogens is 1310 g/mol. The van der Waals surface area contributed by atoms with E-state index in [1.807, 2.05) is 0 Å². The van der Waals surface area contributed by atoms with E-state index in [-0.39, 0.29) is 173 Å². The summed E-state index contributed by atoms with van der Waals surface area (Å²) >= 11 is 0. The second kappa shape index (κ2) is 43.7. The molecule has 2 aliphatic heterocycles. The van der Waals surface area contributed by atoms with Crippen LogP contribution in [0.4, 0.5) is 4.79 Å². The first kappa shape index (κ1) is 82.8. The minimum absolute atomic E-state index is 0.00792. The topological polar surface area (TPSA) is 510 Å². The van der Waals surface area contributed by atoms with Crippen molar-refractivity contribution in [1.82, 2.24) is 21.4 Å². The number of amides is 4. The molecule has 550 valence electrons. The average molecular weight is 1400 g/mol. The predicted octanol–water partition coefficient (Wildman–Crippen LogP) is -1.97. The van der Waals surface area contributed by atoms with Crippen molar-refractivity contribution in [3.63, 3.8) is 0 Å². The molecule has 2 aromatic carbocycles. The van der Waals surface area contributed by atoms with E-state index in [1.165, 1.54) is 50.2 Å². The lowest BCUT2D eigenvalue weighted by Gasteiger charge is -2.38. The van der Waals surface area contributed by atoms with E-state index in [9.17, 15) is 88.8 Å². The molecule has 2 aromatic rings. The zero-order chi connectivity index (χ0) is 72.3. The van der Waals surface area contributed by atoms with Gasteiger partial charge in [-0.1, -0.05) is 12.1 Å². The number of ether oxygens (including phenoxy) is 13. The number of carboxylic acid groups (broad SMARTS) is 2. The van der Waals surface area contributed by atoms with Gasteiger partial charge >= 0.3 is 30.0 Å². The summed E-state index contributed by atoms with van der Waals surface area (Å²) in [7, 11) is 0. The Kier molecular flexibility index (Phi) is 36.9. The summed E-state index contributed by atoms with van der Waals surface area (Å²) in [6, 6.07) is 7.22. The van der Waals surface area contributed by atoms with Gasteiger partial charge in [-0.3, -0.25) is 38.4 Å². The fourth-order valence-corrected chi connectivity index (χ4v) is 8.94. The van der Waals surface area contributed by atoms with Gasteiger partial charge in [-0.05, 0) is 69.0 Å². The molecule has 4 amide bonds. The van der Waals surface area contributed by atoms with Crippen LogP contribution in [-0.2, 0) is 104 Å². The summed E-state index contributed by atoms with van der Waals surface area (Å²) < 4.78 is 69.9. The number of aliphatic carboxylic acids is 2. The molecular formula is C62H90N4O32. The number of rotatable bonds is 46. The molecule has 36 nitrogen and oxygen atoms in total. The van der Waals surface area contributed by atoms with Crippen molar-refractivity contribution in [2.45, 2.75) is 159 Å². The zero-order valence-electron chi connectivity index (χ0n) is 55.0. The van der Waals surface area contributed by atoms with Crippen LogP contribution in [0.3, 0.4) is 0 Å². The second-order valence-electron chi connectivity index (χ2n) is 22.9. The predicted molar refractivity (Wildman–Crippen MR) is 328 cm³/mol. The minimum atomic E-state index is -1.99. The number of aliphatic hydroxyl groups is 6. The smallest absolute Gasteiger partial charge is 0.431 e. The van der Waals surface area contributed by atoms with Crippen LogP contribution in [0.2, 0.25) is 0 Å². The summed E-state index contributed by atoms with van der Waals surface area (Å²) in [4.78, 5) is 129. The molecule has 4 rings (SSSR count). The number of carbonyl (C=O) groups excluding carboxylic acids is 8. The monoisotopic (exact) mass is 1400 g/mol. The van der Waals surface area contributed by atoms with Crippen LogP contribution in [0.25, 0.3) is 0 Å². The maximum absolute atomic E-state index is 13.5. The van der Waals surface area contributed by atoms with Crippen LogP contribution in [-0.4, -0.2) is 272 Å². The second-order valence-corrected chi connectivity index (χ2v) is 22.9. The Morgan fingerprint density at radius 3 is 1.49 bits per heavy atom. The normalized spacial score (nSPS) is 21.0. The summed E-state index contributed by atoms with van der Waals surface area (Å²) in [6.07, 6.45) is -20.2. The van der Waals surface area contributed by atoms with Crippen LogP contribution in [0.1, 0.15) is 105 Å². The van der Waals surface area contributed by atoms with Gasteiger partial charge < -0.3 is 118 Å². The molecule has 2 heterocycles. The van der Waals surface area contributed by atoms with Crippen molar-refractivity contribution in [1.29, 1.82) is 0 Å². The van der Waals surface area contributed by atoms with Gasteiger partial charge in [0.15, 0.2) is 18.0 Å². The van der Waals surface area contributed by atoms with Crippen molar-refractivity contribution in [2.75, 3.05) is 99.0 Å². The molecule has 2 aliphatic rings. The number of esters is 2. The minimum Gasteiger partial charge on any atom is -0.479 e. The van der Waals surface area contributed by atoms with E-state index in [2.05, 4.69) is 21.4 Å². The molecule has 0 bridgehead atoms. The van der Waals surface area contributed by atoms with Gasteiger partial charge in [0.25, 0.3) is 5.91 Å². The largest absolute Gasteiger partial charge is 0.479 e. The molecule has 12 N–H and O–H groups in total. The quantitative estimate of drug-likeness (QED) is 0.0112. The number of hydrogen-bond acceptors (Lipinski definition) is 30. The standard InChI is InChI=1S/C62H90N4O32/c1-35(67)91-32-37-10-12-44(94-59-52(77)48(73)50(75)54(96-59)57(80)81)41(28-37)43(70)9-7-17-86-21-22-87-18-14-63-46(71)31-39(65-47(72)34-90-25-24-89-26-27-93-66-61(84)98-62(3,4)5)30-40(69)8-6-16-85-20-23-88-19-15-64-56(79)42-29-38(33-92-36(2)68)11-13-45(42)95-60-53(78)49(74)51(76)55(97-60)58(82)83/h10-13,28-29,39,48-55,59-60,73-78H,6-9,14-27,30-34H2,1-5H3,(H,63,71)(H,64,79)(H,65,72)(H,66,84)(H,80,81)(H,82,83)/t39?,48-,49-,50-,51-,52+,53+,54-,55-,59+,60+/m0/s1. The van der Waals surface area contributed by atoms with Crippen molar-refractivity contribution < 1.29 is 155 Å². The first-order valence-corrected chi connectivity index (χ1v) is 31.2.